The third-order valence-corrected chi connectivity index (χ3v) is 5.08. The molecule has 26 heavy (non-hydrogen) atoms. The average Bonchev–Trinajstić information content (AvgIpc) is 3.21. The van der Waals surface area contributed by atoms with Gasteiger partial charge in [0, 0.05) is 29.2 Å². The molecule has 0 spiro atoms. The highest BCUT2D eigenvalue weighted by atomic mass is 79.9. The maximum Gasteiger partial charge on any atom is 0.143 e. The third-order valence-electron chi connectivity index (χ3n) is 4.55. The van der Waals surface area contributed by atoms with Crippen LogP contribution < -0.4 is 14.4 Å². The molecule has 3 rings (SSSR count). The van der Waals surface area contributed by atoms with Crippen molar-refractivity contribution >= 4 is 33.3 Å². The van der Waals surface area contributed by atoms with Crippen LogP contribution in [0, 0.1) is 11.3 Å². The van der Waals surface area contributed by atoms with Gasteiger partial charge >= 0.3 is 0 Å². The van der Waals surface area contributed by atoms with Crippen molar-refractivity contribution in [2.75, 3.05) is 32.2 Å². The molecule has 0 unspecified atom stereocenters. The molecule has 0 aromatic heterocycles. The fourth-order valence-electron chi connectivity index (χ4n) is 3.19. The number of ether oxygens (including phenoxy) is 2. The summed E-state index contributed by atoms with van der Waals surface area (Å²) in [7, 11) is 3.33. The fourth-order valence-corrected chi connectivity index (χ4v) is 3.45. The number of benzene rings is 2. The number of rotatable bonds is 5. The first-order valence-electron chi connectivity index (χ1n) is 8.55. The summed E-state index contributed by atoms with van der Waals surface area (Å²) in [5.41, 5.74) is 3.31. The van der Waals surface area contributed by atoms with Crippen molar-refractivity contribution in [3.05, 3.63) is 52.0 Å². The van der Waals surface area contributed by atoms with Crippen LogP contribution in [0.2, 0.25) is 0 Å². The van der Waals surface area contributed by atoms with Crippen molar-refractivity contribution in [2.24, 2.45) is 0 Å². The topological polar surface area (TPSA) is 45.5 Å². The van der Waals surface area contributed by atoms with E-state index < -0.39 is 0 Å². The molecule has 0 amide bonds. The van der Waals surface area contributed by atoms with Crippen LogP contribution in [0.25, 0.3) is 11.6 Å². The molecule has 4 nitrogen and oxygen atoms in total. The van der Waals surface area contributed by atoms with Gasteiger partial charge < -0.3 is 14.4 Å². The Hall–Kier alpha value is -2.45. The van der Waals surface area contributed by atoms with Crippen molar-refractivity contribution in [1.29, 1.82) is 5.26 Å². The molecule has 2 aromatic carbocycles. The van der Waals surface area contributed by atoms with E-state index >= 15 is 0 Å². The Kier molecular flexibility index (Phi) is 5.85. The maximum absolute atomic E-state index is 9.62. The molecule has 1 aliphatic heterocycles. The number of hydrogen-bond donors (Lipinski definition) is 0. The number of nitriles is 1. The second kappa shape index (κ2) is 8.29. The molecule has 0 saturated carbocycles. The van der Waals surface area contributed by atoms with E-state index in [4.69, 9.17) is 9.47 Å². The van der Waals surface area contributed by atoms with E-state index in [-0.39, 0.29) is 0 Å². The van der Waals surface area contributed by atoms with Gasteiger partial charge in [0.2, 0.25) is 0 Å². The van der Waals surface area contributed by atoms with Gasteiger partial charge in [-0.15, -0.1) is 0 Å². The monoisotopic (exact) mass is 412 g/mol. The maximum atomic E-state index is 9.62. The van der Waals surface area contributed by atoms with Crippen molar-refractivity contribution < 1.29 is 9.47 Å². The van der Waals surface area contributed by atoms with Crippen LogP contribution in [0.3, 0.4) is 0 Å². The minimum absolute atomic E-state index is 0.576. The summed E-state index contributed by atoms with van der Waals surface area (Å²) in [4.78, 5) is 2.31. The smallest absolute Gasteiger partial charge is 0.143 e. The average molecular weight is 413 g/mol. The zero-order valence-corrected chi connectivity index (χ0v) is 16.5. The minimum atomic E-state index is 0.576. The van der Waals surface area contributed by atoms with E-state index in [1.807, 2.05) is 42.5 Å². The molecule has 0 aliphatic carbocycles. The summed E-state index contributed by atoms with van der Waals surface area (Å²) in [6.45, 7) is 2.05. The number of allylic oxidation sites excluding steroid dienone is 1. The standard InChI is InChI=1S/C21H21BrN2O2/c1-25-20-13-19(24-9-3-4-10-24)21(26-2)12-16(20)11-17(14-23)15-5-7-18(22)8-6-15/h5-8,11-13H,3-4,9-10H2,1-2H3/b17-11-. The highest BCUT2D eigenvalue weighted by Gasteiger charge is 2.19. The van der Waals surface area contributed by atoms with E-state index in [1.165, 1.54) is 12.8 Å². The van der Waals surface area contributed by atoms with E-state index in [1.54, 1.807) is 14.2 Å². The molecule has 0 bridgehead atoms. The quantitative estimate of drug-likeness (QED) is 0.504. The van der Waals surface area contributed by atoms with Crippen LogP contribution in [0.4, 0.5) is 5.69 Å². The van der Waals surface area contributed by atoms with Crippen LogP contribution >= 0.6 is 15.9 Å². The van der Waals surface area contributed by atoms with Crippen molar-refractivity contribution in [1.82, 2.24) is 0 Å². The van der Waals surface area contributed by atoms with Crippen LogP contribution in [0.5, 0.6) is 11.5 Å². The van der Waals surface area contributed by atoms with Gasteiger partial charge in [0.15, 0.2) is 0 Å². The molecule has 0 radical (unpaired) electrons. The first-order chi connectivity index (χ1) is 12.7. The number of nitrogens with zero attached hydrogens (tertiary/aromatic N) is 2. The van der Waals surface area contributed by atoms with Gasteiger partial charge in [-0.05, 0) is 42.7 Å². The number of anilines is 1. The third kappa shape index (κ3) is 3.86. The minimum Gasteiger partial charge on any atom is -0.496 e. The number of halogens is 1. The summed E-state index contributed by atoms with van der Waals surface area (Å²) < 4.78 is 12.2. The molecule has 0 N–H and O–H groups in total. The lowest BCUT2D eigenvalue weighted by Crippen LogP contribution is -2.18. The summed E-state index contributed by atoms with van der Waals surface area (Å²) in [6, 6.07) is 13.9. The molecule has 1 fully saturated rings. The molecule has 1 heterocycles. The van der Waals surface area contributed by atoms with Crippen molar-refractivity contribution in [2.45, 2.75) is 12.8 Å². The van der Waals surface area contributed by atoms with Gasteiger partial charge in [0.05, 0.1) is 31.5 Å². The van der Waals surface area contributed by atoms with E-state index in [9.17, 15) is 5.26 Å². The molecule has 1 saturated heterocycles. The highest BCUT2D eigenvalue weighted by Crippen LogP contribution is 2.38. The van der Waals surface area contributed by atoms with Gasteiger partial charge in [-0.1, -0.05) is 28.1 Å². The number of hydrogen-bond acceptors (Lipinski definition) is 4. The molecule has 134 valence electrons. The van der Waals surface area contributed by atoms with E-state index in [0.29, 0.717) is 5.57 Å². The predicted octanol–water partition coefficient (Wildman–Crippen LogP) is 5.13. The van der Waals surface area contributed by atoms with Crippen molar-refractivity contribution in [3.8, 4) is 17.6 Å². The van der Waals surface area contributed by atoms with E-state index in [2.05, 4.69) is 26.9 Å². The molecular weight excluding hydrogens is 392 g/mol. The van der Waals surface area contributed by atoms with Gasteiger partial charge in [0.25, 0.3) is 0 Å². The normalized spacial score (nSPS) is 14.2. The van der Waals surface area contributed by atoms with Gasteiger partial charge in [0.1, 0.15) is 11.5 Å². The molecule has 0 atom stereocenters. The Morgan fingerprint density at radius 3 is 2.31 bits per heavy atom. The highest BCUT2D eigenvalue weighted by molar-refractivity contribution is 9.10. The Balaban J connectivity index is 2.05. The summed E-state index contributed by atoms with van der Waals surface area (Å²) in [5.74, 6) is 1.53. The van der Waals surface area contributed by atoms with Crippen molar-refractivity contribution in [3.63, 3.8) is 0 Å². The first kappa shape index (κ1) is 18.3. The van der Waals surface area contributed by atoms with Crippen LogP contribution in [-0.4, -0.2) is 27.3 Å². The Morgan fingerprint density at radius 1 is 1.08 bits per heavy atom. The lowest BCUT2D eigenvalue weighted by atomic mass is 10.0. The van der Waals surface area contributed by atoms with Crippen LogP contribution in [0.1, 0.15) is 24.0 Å². The zero-order chi connectivity index (χ0) is 18.5. The predicted molar refractivity (Wildman–Crippen MR) is 109 cm³/mol. The second-order valence-electron chi connectivity index (χ2n) is 6.14. The van der Waals surface area contributed by atoms with Gasteiger partial charge in [-0.2, -0.15) is 5.26 Å². The van der Waals surface area contributed by atoms with Crippen LogP contribution in [-0.2, 0) is 0 Å². The second-order valence-corrected chi connectivity index (χ2v) is 7.05. The molecule has 1 aliphatic rings. The number of methoxy groups -OCH3 is 2. The fraction of sp³-hybridized carbons (Fsp3) is 0.286. The largest absolute Gasteiger partial charge is 0.496 e. The zero-order valence-electron chi connectivity index (χ0n) is 15.0. The SMILES string of the molecule is COc1cc(N2CCCC2)c(OC)cc1/C=C(/C#N)c1ccc(Br)cc1. The summed E-state index contributed by atoms with van der Waals surface area (Å²) in [6.07, 6.45) is 4.23. The Labute approximate surface area is 162 Å². The van der Waals surface area contributed by atoms with Gasteiger partial charge in [-0.25, -0.2) is 0 Å². The Morgan fingerprint density at radius 2 is 1.73 bits per heavy atom. The molecule has 2 aromatic rings. The van der Waals surface area contributed by atoms with Crippen LogP contribution in [0.15, 0.2) is 40.9 Å². The lowest BCUT2D eigenvalue weighted by Gasteiger charge is -2.22. The summed E-state index contributed by atoms with van der Waals surface area (Å²) in [5, 5.41) is 9.62. The van der Waals surface area contributed by atoms with Gasteiger partial charge in [-0.3, -0.25) is 0 Å². The van der Waals surface area contributed by atoms with E-state index in [0.717, 1.165) is 45.9 Å². The Bertz CT molecular complexity index is 848. The molecule has 5 heteroatoms. The lowest BCUT2D eigenvalue weighted by molar-refractivity contribution is 0.402. The first-order valence-corrected chi connectivity index (χ1v) is 9.34. The summed E-state index contributed by atoms with van der Waals surface area (Å²) >= 11 is 3.42. The molecular formula is C21H21BrN2O2.